The number of aryl methyl sites for hydroxylation is 1. The SMILES string of the molecule is Cc1cnn(Cc2cc(C(=O)NC(C(=O)O)C(C)C)no2)c1. The molecule has 1 amide bonds. The quantitative estimate of drug-likeness (QED) is 0.826. The lowest BCUT2D eigenvalue weighted by Crippen LogP contribution is -2.44. The molecule has 0 saturated carbocycles. The highest BCUT2D eigenvalue weighted by atomic mass is 16.5. The number of rotatable bonds is 6. The zero-order valence-electron chi connectivity index (χ0n) is 12.6. The largest absolute Gasteiger partial charge is 0.480 e. The summed E-state index contributed by atoms with van der Waals surface area (Å²) < 4.78 is 6.74. The number of nitrogens with one attached hydrogen (secondary N) is 1. The van der Waals surface area contributed by atoms with E-state index in [1.165, 1.54) is 6.07 Å². The minimum absolute atomic E-state index is 0.0470. The molecule has 2 heterocycles. The Morgan fingerprint density at radius 3 is 2.73 bits per heavy atom. The van der Waals surface area contributed by atoms with Crippen molar-refractivity contribution in [3.05, 3.63) is 35.5 Å². The molecule has 0 saturated heterocycles. The molecule has 8 heteroatoms. The lowest BCUT2D eigenvalue weighted by molar-refractivity contribution is -0.140. The third-order valence-electron chi connectivity index (χ3n) is 3.09. The first-order chi connectivity index (χ1) is 10.4. The van der Waals surface area contributed by atoms with Crippen LogP contribution < -0.4 is 5.32 Å². The van der Waals surface area contributed by atoms with Crippen molar-refractivity contribution >= 4 is 11.9 Å². The van der Waals surface area contributed by atoms with Gasteiger partial charge in [0.2, 0.25) is 0 Å². The molecule has 2 N–H and O–H groups in total. The van der Waals surface area contributed by atoms with Gasteiger partial charge in [-0.2, -0.15) is 5.10 Å². The summed E-state index contributed by atoms with van der Waals surface area (Å²) in [6.07, 6.45) is 3.55. The van der Waals surface area contributed by atoms with Crippen LogP contribution in [0.1, 0.15) is 35.7 Å². The van der Waals surface area contributed by atoms with Gasteiger partial charge in [-0.15, -0.1) is 0 Å². The summed E-state index contributed by atoms with van der Waals surface area (Å²) in [5, 5.41) is 19.3. The minimum atomic E-state index is -1.08. The molecule has 0 bridgehead atoms. The molecule has 2 aromatic heterocycles. The molecular weight excluding hydrogens is 288 g/mol. The van der Waals surface area contributed by atoms with Crippen LogP contribution in [0.4, 0.5) is 0 Å². The summed E-state index contributed by atoms with van der Waals surface area (Å²) in [5.41, 5.74) is 1.06. The third kappa shape index (κ3) is 3.72. The summed E-state index contributed by atoms with van der Waals surface area (Å²) in [7, 11) is 0. The topological polar surface area (TPSA) is 110 Å². The predicted molar refractivity (Wildman–Crippen MR) is 76.3 cm³/mol. The van der Waals surface area contributed by atoms with Crippen molar-refractivity contribution in [2.45, 2.75) is 33.4 Å². The second kappa shape index (κ2) is 6.42. The zero-order valence-corrected chi connectivity index (χ0v) is 12.6. The molecule has 1 unspecified atom stereocenters. The highest BCUT2D eigenvalue weighted by molar-refractivity contribution is 5.94. The molecular formula is C14H18N4O4. The van der Waals surface area contributed by atoms with Crippen LogP contribution >= 0.6 is 0 Å². The van der Waals surface area contributed by atoms with Crippen LogP contribution in [0.3, 0.4) is 0 Å². The van der Waals surface area contributed by atoms with Crippen molar-refractivity contribution in [1.82, 2.24) is 20.3 Å². The number of nitrogens with zero attached hydrogens (tertiary/aromatic N) is 3. The Kier molecular flexibility index (Phi) is 4.59. The van der Waals surface area contributed by atoms with Crippen LogP contribution in [-0.2, 0) is 11.3 Å². The van der Waals surface area contributed by atoms with Crippen molar-refractivity contribution < 1.29 is 19.2 Å². The second-order valence-corrected chi connectivity index (χ2v) is 5.43. The van der Waals surface area contributed by atoms with Crippen molar-refractivity contribution in [3.8, 4) is 0 Å². The minimum Gasteiger partial charge on any atom is -0.480 e. The molecule has 2 rings (SSSR count). The van der Waals surface area contributed by atoms with Crippen molar-refractivity contribution in [2.24, 2.45) is 5.92 Å². The molecule has 0 radical (unpaired) electrons. The first kappa shape index (κ1) is 15.7. The van der Waals surface area contributed by atoms with Gasteiger partial charge >= 0.3 is 5.97 Å². The smallest absolute Gasteiger partial charge is 0.326 e. The van der Waals surface area contributed by atoms with E-state index in [4.69, 9.17) is 9.63 Å². The van der Waals surface area contributed by atoms with Crippen LogP contribution in [0.2, 0.25) is 0 Å². The molecule has 2 aromatic rings. The van der Waals surface area contributed by atoms with Gasteiger partial charge in [0.1, 0.15) is 12.6 Å². The monoisotopic (exact) mass is 306 g/mol. The molecule has 8 nitrogen and oxygen atoms in total. The van der Waals surface area contributed by atoms with Gasteiger partial charge in [-0.3, -0.25) is 9.48 Å². The molecule has 0 aromatic carbocycles. The molecule has 0 aliphatic carbocycles. The van der Waals surface area contributed by atoms with E-state index in [1.807, 2.05) is 13.1 Å². The van der Waals surface area contributed by atoms with Gasteiger partial charge in [-0.05, 0) is 18.4 Å². The van der Waals surface area contributed by atoms with Crippen LogP contribution in [0.5, 0.6) is 0 Å². The summed E-state index contributed by atoms with van der Waals surface area (Å²) in [6.45, 7) is 5.70. The Hall–Kier alpha value is -2.64. The van der Waals surface area contributed by atoms with E-state index in [0.29, 0.717) is 12.3 Å². The van der Waals surface area contributed by atoms with Gasteiger partial charge in [0.25, 0.3) is 5.91 Å². The fourth-order valence-corrected chi connectivity index (χ4v) is 1.94. The first-order valence-corrected chi connectivity index (χ1v) is 6.85. The van der Waals surface area contributed by atoms with E-state index in [9.17, 15) is 9.59 Å². The number of carboxylic acid groups (broad SMARTS) is 1. The van der Waals surface area contributed by atoms with Crippen molar-refractivity contribution in [3.63, 3.8) is 0 Å². The molecule has 0 aliphatic rings. The Balaban J connectivity index is 2.04. The number of hydrogen-bond donors (Lipinski definition) is 2. The van der Waals surface area contributed by atoms with Crippen LogP contribution in [-0.4, -0.2) is 38.0 Å². The van der Waals surface area contributed by atoms with E-state index in [1.54, 1.807) is 24.7 Å². The number of aliphatic carboxylic acids is 1. The maximum Gasteiger partial charge on any atom is 0.326 e. The summed E-state index contributed by atoms with van der Waals surface area (Å²) in [6, 6.07) is 0.507. The van der Waals surface area contributed by atoms with Crippen LogP contribution in [0.15, 0.2) is 23.0 Å². The predicted octanol–water partition coefficient (Wildman–Crippen LogP) is 1.07. The molecule has 22 heavy (non-hydrogen) atoms. The third-order valence-corrected chi connectivity index (χ3v) is 3.09. The molecule has 0 spiro atoms. The number of amides is 1. The van der Waals surface area contributed by atoms with E-state index in [0.717, 1.165) is 5.56 Å². The number of carbonyl (C=O) groups excluding carboxylic acids is 1. The van der Waals surface area contributed by atoms with Gasteiger partial charge < -0.3 is 14.9 Å². The Morgan fingerprint density at radius 1 is 1.45 bits per heavy atom. The van der Waals surface area contributed by atoms with Gasteiger partial charge in [-0.1, -0.05) is 19.0 Å². The summed E-state index contributed by atoms with van der Waals surface area (Å²) >= 11 is 0. The standard InChI is InChI=1S/C14H18N4O4/c1-8(2)12(14(20)21)16-13(19)11-4-10(22-17-11)7-18-6-9(3)5-15-18/h4-6,8,12H,7H2,1-3H3,(H,16,19)(H,20,21). The number of carbonyl (C=O) groups is 2. The van der Waals surface area contributed by atoms with Crippen LogP contribution in [0, 0.1) is 12.8 Å². The van der Waals surface area contributed by atoms with Gasteiger partial charge in [0, 0.05) is 12.3 Å². The van der Waals surface area contributed by atoms with Gasteiger partial charge in [-0.25, -0.2) is 4.79 Å². The summed E-state index contributed by atoms with van der Waals surface area (Å²) in [4.78, 5) is 23.1. The van der Waals surface area contributed by atoms with E-state index in [-0.39, 0.29) is 11.6 Å². The Labute approximate surface area is 127 Å². The maximum absolute atomic E-state index is 12.0. The lowest BCUT2D eigenvalue weighted by atomic mass is 10.0. The number of hydrogen-bond acceptors (Lipinski definition) is 5. The van der Waals surface area contributed by atoms with Crippen LogP contribution in [0.25, 0.3) is 0 Å². The Bertz CT molecular complexity index is 674. The molecule has 0 aliphatic heterocycles. The van der Waals surface area contributed by atoms with Gasteiger partial charge in [0.15, 0.2) is 11.5 Å². The first-order valence-electron chi connectivity index (χ1n) is 6.85. The highest BCUT2D eigenvalue weighted by Crippen LogP contribution is 2.08. The molecule has 0 fully saturated rings. The second-order valence-electron chi connectivity index (χ2n) is 5.43. The van der Waals surface area contributed by atoms with E-state index >= 15 is 0 Å². The maximum atomic E-state index is 12.0. The summed E-state index contributed by atoms with van der Waals surface area (Å²) in [5.74, 6) is -1.43. The van der Waals surface area contributed by atoms with E-state index < -0.39 is 17.9 Å². The fourth-order valence-electron chi connectivity index (χ4n) is 1.94. The highest BCUT2D eigenvalue weighted by Gasteiger charge is 2.25. The number of aromatic nitrogens is 3. The molecule has 118 valence electrons. The van der Waals surface area contributed by atoms with Gasteiger partial charge in [0.05, 0.1) is 6.20 Å². The average molecular weight is 306 g/mol. The van der Waals surface area contributed by atoms with E-state index in [2.05, 4.69) is 15.6 Å². The average Bonchev–Trinajstić information content (AvgIpc) is 3.05. The Morgan fingerprint density at radius 2 is 2.18 bits per heavy atom. The fraction of sp³-hybridized carbons (Fsp3) is 0.429. The van der Waals surface area contributed by atoms with Crippen molar-refractivity contribution in [1.29, 1.82) is 0 Å². The number of carboxylic acids is 1. The molecule has 1 atom stereocenters. The zero-order chi connectivity index (χ0) is 16.3. The lowest BCUT2D eigenvalue weighted by Gasteiger charge is -2.16. The normalized spacial score (nSPS) is 12.4. The van der Waals surface area contributed by atoms with Crippen molar-refractivity contribution in [2.75, 3.05) is 0 Å².